The van der Waals surface area contributed by atoms with Gasteiger partial charge < -0.3 is 19.1 Å². The van der Waals surface area contributed by atoms with Crippen LogP contribution in [0.15, 0.2) is 158 Å². The van der Waals surface area contributed by atoms with Crippen molar-refractivity contribution in [2.75, 3.05) is 16.4 Å². The number of epoxide rings is 1. The van der Waals surface area contributed by atoms with Crippen molar-refractivity contribution in [1.29, 1.82) is 0 Å². The third kappa shape index (κ3) is 4.82. The Labute approximate surface area is 251 Å². The van der Waals surface area contributed by atoms with Crippen molar-refractivity contribution in [2.24, 2.45) is 0 Å². The number of anilines is 6. The summed E-state index contributed by atoms with van der Waals surface area (Å²) >= 11 is 0. The van der Waals surface area contributed by atoms with Crippen LogP contribution in [0.5, 0.6) is 0 Å². The van der Waals surface area contributed by atoms with Crippen molar-refractivity contribution >= 4 is 55.9 Å². The first-order chi connectivity index (χ1) is 21.3. The summed E-state index contributed by atoms with van der Waals surface area (Å²) in [5.41, 5.74) is 9.20. The standard InChI is InChI=1S/C39H31N3O/c1-5-13-29(14-6-1)41(30-15-7-2-8-16-30)33-21-23-38-36(25-33)37-26-34(22-24-39(37)40(38)27-35-28-43-35)42(31-17-9-3-10-18-31)32-19-11-4-12-20-32/h1-26,35H,27-28H2. The minimum atomic E-state index is 0.272. The topological polar surface area (TPSA) is 23.9 Å². The number of aromatic nitrogens is 1. The fraction of sp³-hybridized carbons (Fsp3) is 0.0769. The Balaban J connectivity index is 1.34. The van der Waals surface area contributed by atoms with Crippen LogP contribution >= 0.6 is 0 Å². The quantitative estimate of drug-likeness (QED) is 0.174. The zero-order chi connectivity index (χ0) is 28.6. The molecule has 4 heteroatoms. The monoisotopic (exact) mass is 557 g/mol. The Hall–Kier alpha value is -5.32. The average molecular weight is 558 g/mol. The zero-order valence-corrected chi connectivity index (χ0v) is 23.8. The van der Waals surface area contributed by atoms with Gasteiger partial charge in [-0.1, -0.05) is 72.8 Å². The molecule has 0 spiro atoms. The van der Waals surface area contributed by atoms with Gasteiger partial charge in [0.15, 0.2) is 0 Å². The molecule has 0 radical (unpaired) electrons. The normalized spacial score (nSPS) is 14.2. The van der Waals surface area contributed by atoms with Gasteiger partial charge in [0.25, 0.3) is 0 Å². The third-order valence-corrected chi connectivity index (χ3v) is 8.19. The van der Waals surface area contributed by atoms with Crippen molar-refractivity contribution in [3.63, 3.8) is 0 Å². The molecule has 2 heterocycles. The van der Waals surface area contributed by atoms with E-state index < -0.39 is 0 Å². The van der Waals surface area contributed by atoms with Gasteiger partial charge >= 0.3 is 0 Å². The average Bonchev–Trinajstić information content (AvgIpc) is 3.85. The lowest BCUT2D eigenvalue weighted by atomic mass is 10.1. The number of fused-ring (bicyclic) bond motifs is 3. The summed E-state index contributed by atoms with van der Waals surface area (Å²) in [6, 6.07) is 56.1. The highest BCUT2D eigenvalue weighted by atomic mass is 16.6. The Morgan fingerprint density at radius 1 is 0.465 bits per heavy atom. The van der Waals surface area contributed by atoms with Crippen LogP contribution in [-0.4, -0.2) is 17.3 Å². The van der Waals surface area contributed by atoms with Crippen LogP contribution in [0.1, 0.15) is 0 Å². The molecule has 1 fully saturated rings. The van der Waals surface area contributed by atoms with E-state index in [0.29, 0.717) is 0 Å². The van der Waals surface area contributed by atoms with E-state index in [-0.39, 0.29) is 6.10 Å². The van der Waals surface area contributed by atoms with Gasteiger partial charge in [-0.25, -0.2) is 0 Å². The molecule has 1 aliphatic rings. The molecule has 8 rings (SSSR count). The number of hydrogen-bond donors (Lipinski definition) is 0. The molecule has 0 aliphatic carbocycles. The third-order valence-electron chi connectivity index (χ3n) is 8.19. The number of hydrogen-bond acceptors (Lipinski definition) is 3. The van der Waals surface area contributed by atoms with E-state index in [1.165, 1.54) is 21.8 Å². The minimum Gasteiger partial charge on any atom is -0.371 e. The van der Waals surface area contributed by atoms with E-state index in [2.05, 4.69) is 172 Å². The number of benzene rings is 6. The lowest BCUT2D eigenvalue weighted by molar-refractivity contribution is 0.387. The van der Waals surface area contributed by atoms with Crippen molar-refractivity contribution in [2.45, 2.75) is 12.6 Å². The van der Waals surface area contributed by atoms with Gasteiger partial charge in [0, 0.05) is 55.9 Å². The molecule has 1 saturated heterocycles. The molecule has 6 aromatic carbocycles. The van der Waals surface area contributed by atoms with Crippen LogP contribution in [0.4, 0.5) is 34.1 Å². The second-order valence-electron chi connectivity index (χ2n) is 11.0. The number of para-hydroxylation sites is 4. The summed E-state index contributed by atoms with van der Waals surface area (Å²) < 4.78 is 8.13. The van der Waals surface area contributed by atoms with Gasteiger partial charge in [-0.05, 0) is 84.9 Å². The minimum absolute atomic E-state index is 0.272. The maximum absolute atomic E-state index is 5.70. The summed E-state index contributed by atoms with van der Waals surface area (Å²) in [5, 5.41) is 2.46. The van der Waals surface area contributed by atoms with E-state index in [1.807, 2.05) is 0 Å². The van der Waals surface area contributed by atoms with Crippen LogP contribution in [0.3, 0.4) is 0 Å². The molecule has 1 atom stereocenters. The number of nitrogens with zero attached hydrogens (tertiary/aromatic N) is 3. The van der Waals surface area contributed by atoms with E-state index in [1.54, 1.807) is 0 Å². The molecule has 1 unspecified atom stereocenters. The molecule has 0 N–H and O–H groups in total. The fourth-order valence-electron chi connectivity index (χ4n) is 6.13. The highest BCUT2D eigenvalue weighted by molar-refractivity contribution is 6.11. The van der Waals surface area contributed by atoms with Gasteiger partial charge in [0.05, 0.1) is 19.3 Å². The SMILES string of the molecule is c1ccc(N(c2ccccc2)c2ccc3c(c2)c2cc(N(c4ccccc4)c4ccccc4)ccc2n3CC2CO2)cc1. The van der Waals surface area contributed by atoms with Gasteiger partial charge in [-0.15, -0.1) is 0 Å². The first kappa shape index (κ1) is 25.4. The lowest BCUT2D eigenvalue weighted by Gasteiger charge is -2.26. The van der Waals surface area contributed by atoms with E-state index >= 15 is 0 Å². The summed E-state index contributed by atoms with van der Waals surface area (Å²) in [4.78, 5) is 4.66. The predicted molar refractivity (Wildman–Crippen MR) is 179 cm³/mol. The molecular formula is C39H31N3O. The molecule has 43 heavy (non-hydrogen) atoms. The van der Waals surface area contributed by atoms with Crippen molar-refractivity contribution in [3.05, 3.63) is 158 Å². The molecule has 7 aromatic rings. The number of ether oxygens (including phenoxy) is 1. The van der Waals surface area contributed by atoms with E-state index in [4.69, 9.17) is 4.74 Å². The van der Waals surface area contributed by atoms with Gasteiger partial charge in [-0.2, -0.15) is 0 Å². The number of rotatable bonds is 8. The molecule has 0 saturated carbocycles. The highest BCUT2D eigenvalue weighted by Crippen LogP contribution is 2.42. The van der Waals surface area contributed by atoms with Crippen molar-refractivity contribution < 1.29 is 4.74 Å². The second-order valence-corrected chi connectivity index (χ2v) is 11.0. The molecule has 208 valence electrons. The summed E-state index contributed by atoms with van der Waals surface area (Å²) in [6.07, 6.45) is 0.272. The van der Waals surface area contributed by atoms with Crippen LogP contribution < -0.4 is 9.80 Å². The molecule has 4 nitrogen and oxygen atoms in total. The molecule has 0 bridgehead atoms. The Morgan fingerprint density at radius 2 is 0.814 bits per heavy atom. The summed E-state index contributed by atoms with van der Waals surface area (Å²) in [6.45, 7) is 1.67. The van der Waals surface area contributed by atoms with Crippen LogP contribution in [0, 0.1) is 0 Å². The van der Waals surface area contributed by atoms with Crippen LogP contribution in [0.2, 0.25) is 0 Å². The van der Waals surface area contributed by atoms with Crippen LogP contribution in [-0.2, 0) is 11.3 Å². The maximum Gasteiger partial charge on any atom is 0.0988 e. The second kappa shape index (κ2) is 10.8. The van der Waals surface area contributed by atoms with Crippen LogP contribution in [0.25, 0.3) is 21.8 Å². The smallest absolute Gasteiger partial charge is 0.0988 e. The zero-order valence-electron chi connectivity index (χ0n) is 23.8. The van der Waals surface area contributed by atoms with E-state index in [0.717, 1.165) is 47.3 Å². The Bertz CT molecular complexity index is 1780. The van der Waals surface area contributed by atoms with E-state index in [9.17, 15) is 0 Å². The Morgan fingerprint density at radius 3 is 1.14 bits per heavy atom. The maximum atomic E-state index is 5.70. The lowest BCUT2D eigenvalue weighted by Crippen LogP contribution is -2.09. The predicted octanol–water partition coefficient (Wildman–Crippen LogP) is 10.1. The fourth-order valence-corrected chi connectivity index (χ4v) is 6.13. The van der Waals surface area contributed by atoms with Gasteiger partial charge in [-0.3, -0.25) is 0 Å². The Kier molecular flexibility index (Phi) is 6.39. The first-order valence-electron chi connectivity index (χ1n) is 14.8. The largest absolute Gasteiger partial charge is 0.371 e. The molecule has 0 amide bonds. The van der Waals surface area contributed by atoms with Gasteiger partial charge in [0.2, 0.25) is 0 Å². The van der Waals surface area contributed by atoms with Crippen molar-refractivity contribution in [3.8, 4) is 0 Å². The summed E-state index contributed by atoms with van der Waals surface area (Å²) in [7, 11) is 0. The van der Waals surface area contributed by atoms with Gasteiger partial charge in [0.1, 0.15) is 0 Å². The molecule has 1 aromatic heterocycles. The van der Waals surface area contributed by atoms with Crippen molar-refractivity contribution in [1.82, 2.24) is 4.57 Å². The molecule has 1 aliphatic heterocycles. The highest BCUT2D eigenvalue weighted by Gasteiger charge is 2.26. The summed E-state index contributed by atoms with van der Waals surface area (Å²) in [5.74, 6) is 0. The first-order valence-corrected chi connectivity index (χ1v) is 14.8. The molecular weight excluding hydrogens is 526 g/mol.